The molecule has 1 N–H and O–H groups in total. The van der Waals surface area contributed by atoms with E-state index in [-0.39, 0.29) is 0 Å². The summed E-state index contributed by atoms with van der Waals surface area (Å²) in [4.78, 5) is 0. The van der Waals surface area contributed by atoms with Crippen molar-refractivity contribution in [2.45, 2.75) is 77.8 Å². The number of rotatable bonds is 7. The van der Waals surface area contributed by atoms with E-state index in [4.69, 9.17) is 0 Å². The third-order valence-corrected chi connectivity index (χ3v) is 5.11. The summed E-state index contributed by atoms with van der Waals surface area (Å²) in [5, 5.41) is 4.08. The molecule has 1 nitrogen and oxygen atoms in total. The Balaban J connectivity index is 2.23. The second-order valence-corrected chi connectivity index (χ2v) is 7.33. The quantitative estimate of drug-likeness (QED) is 0.676. The summed E-state index contributed by atoms with van der Waals surface area (Å²) in [7, 11) is 0. The summed E-state index contributed by atoms with van der Waals surface area (Å²) >= 11 is 0. The molecule has 2 rings (SSSR count). The molecule has 0 saturated carbocycles. The molecule has 1 heteroatoms. The maximum Gasteiger partial charge on any atom is 0.0328 e. The molecule has 1 aliphatic rings. The fraction of sp³-hybridized carbons (Fsp3) is 0.700. The Morgan fingerprint density at radius 3 is 2.24 bits per heavy atom. The van der Waals surface area contributed by atoms with Crippen molar-refractivity contribution in [3.8, 4) is 0 Å². The van der Waals surface area contributed by atoms with Crippen LogP contribution in [0.25, 0.3) is 0 Å². The third-order valence-electron chi connectivity index (χ3n) is 5.11. The second-order valence-electron chi connectivity index (χ2n) is 7.33. The molecular weight excluding hydrogens is 254 g/mol. The van der Waals surface area contributed by atoms with E-state index in [9.17, 15) is 0 Å². The van der Waals surface area contributed by atoms with Crippen LogP contribution in [0.2, 0.25) is 0 Å². The van der Waals surface area contributed by atoms with Crippen molar-refractivity contribution in [3.63, 3.8) is 0 Å². The fourth-order valence-electron chi connectivity index (χ4n) is 4.40. The van der Waals surface area contributed by atoms with Crippen LogP contribution in [0.15, 0.2) is 30.3 Å². The molecule has 1 heterocycles. The monoisotopic (exact) mass is 287 g/mol. The van der Waals surface area contributed by atoms with Gasteiger partial charge < -0.3 is 5.32 Å². The minimum atomic E-state index is 0.369. The van der Waals surface area contributed by atoms with Gasteiger partial charge in [-0.2, -0.15) is 0 Å². The topological polar surface area (TPSA) is 12.0 Å². The molecule has 1 aliphatic heterocycles. The van der Waals surface area contributed by atoms with Crippen LogP contribution in [-0.2, 0) is 0 Å². The molecule has 2 atom stereocenters. The van der Waals surface area contributed by atoms with Crippen molar-refractivity contribution >= 4 is 0 Å². The largest absolute Gasteiger partial charge is 0.304 e. The van der Waals surface area contributed by atoms with Crippen molar-refractivity contribution in [1.29, 1.82) is 0 Å². The van der Waals surface area contributed by atoms with Gasteiger partial charge in [-0.3, -0.25) is 0 Å². The first kappa shape index (κ1) is 16.5. The molecule has 1 aromatic carbocycles. The Morgan fingerprint density at radius 2 is 1.71 bits per heavy atom. The van der Waals surface area contributed by atoms with Crippen molar-refractivity contribution in [2.75, 3.05) is 0 Å². The zero-order chi connectivity index (χ0) is 15.3. The summed E-state index contributed by atoms with van der Waals surface area (Å²) in [5.74, 6) is 1.61. The SMILES string of the molecule is CCCC1(CCC)N[C@H](c2ccccc2)C[C@@H]1CC(C)C. The summed E-state index contributed by atoms with van der Waals surface area (Å²) in [6, 6.07) is 11.6. The zero-order valence-corrected chi connectivity index (χ0v) is 14.4. The van der Waals surface area contributed by atoms with Gasteiger partial charge in [0.1, 0.15) is 0 Å². The summed E-state index contributed by atoms with van der Waals surface area (Å²) in [5.41, 5.74) is 1.84. The molecule has 21 heavy (non-hydrogen) atoms. The molecule has 0 spiro atoms. The van der Waals surface area contributed by atoms with Gasteiger partial charge in [0.25, 0.3) is 0 Å². The van der Waals surface area contributed by atoms with Gasteiger partial charge in [-0.15, -0.1) is 0 Å². The maximum atomic E-state index is 4.08. The summed E-state index contributed by atoms with van der Waals surface area (Å²) in [6.45, 7) is 9.42. The third kappa shape index (κ3) is 3.88. The van der Waals surface area contributed by atoms with Crippen molar-refractivity contribution in [2.24, 2.45) is 11.8 Å². The van der Waals surface area contributed by atoms with Crippen LogP contribution in [0.4, 0.5) is 0 Å². The predicted molar refractivity (Wildman–Crippen MR) is 92.4 cm³/mol. The molecule has 1 aromatic rings. The Labute approximate surface area is 131 Å². The Bertz CT molecular complexity index is 403. The van der Waals surface area contributed by atoms with Gasteiger partial charge in [0.05, 0.1) is 0 Å². The van der Waals surface area contributed by atoms with Crippen molar-refractivity contribution in [3.05, 3.63) is 35.9 Å². The molecule has 1 fully saturated rings. The van der Waals surface area contributed by atoms with Gasteiger partial charge >= 0.3 is 0 Å². The van der Waals surface area contributed by atoms with E-state index in [1.54, 1.807) is 0 Å². The van der Waals surface area contributed by atoms with Crippen LogP contribution in [0.1, 0.15) is 77.8 Å². The lowest BCUT2D eigenvalue weighted by Gasteiger charge is -2.37. The molecule has 0 bridgehead atoms. The predicted octanol–water partition coefficient (Wildman–Crippen LogP) is 5.72. The van der Waals surface area contributed by atoms with E-state index in [0.29, 0.717) is 11.6 Å². The van der Waals surface area contributed by atoms with E-state index in [1.807, 2.05) is 0 Å². The van der Waals surface area contributed by atoms with Crippen LogP contribution in [0, 0.1) is 11.8 Å². The lowest BCUT2D eigenvalue weighted by molar-refractivity contribution is 0.205. The van der Waals surface area contributed by atoms with Crippen LogP contribution < -0.4 is 5.32 Å². The van der Waals surface area contributed by atoms with Crippen LogP contribution in [0.5, 0.6) is 0 Å². The molecule has 0 amide bonds. The second kappa shape index (κ2) is 7.45. The van der Waals surface area contributed by atoms with Gasteiger partial charge in [-0.1, -0.05) is 70.9 Å². The normalized spacial score (nSPS) is 24.6. The Morgan fingerprint density at radius 1 is 1.10 bits per heavy atom. The van der Waals surface area contributed by atoms with Gasteiger partial charge in [0, 0.05) is 11.6 Å². The highest BCUT2D eigenvalue weighted by molar-refractivity contribution is 5.22. The molecule has 0 unspecified atom stereocenters. The van der Waals surface area contributed by atoms with E-state index < -0.39 is 0 Å². The average Bonchev–Trinajstić information content (AvgIpc) is 2.79. The number of hydrogen-bond acceptors (Lipinski definition) is 1. The molecule has 0 aromatic heterocycles. The fourth-order valence-corrected chi connectivity index (χ4v) is 4.40. The molecular formula is C20H33N. The molecule has 0 radical (unpaired) electrons. The highest BCUT2D eigenvalue weighted by Gasteiger charge is 2.45. The minimum absolute atomic E-state index is 0.369. The Hall–Kier alpha value is -0.820. The van der Waals surface area contributed by atoms with E-state index in [0.717, 1.165) is 11.8 Å². The van der Waals surface area contributed by atoms with Crippen LogP contribution >= 0.6 is 0 Å². The summed E-state index contributed by atoms with van der Waals surface area (Å²) in [6.07, 6.45) is 7.87. The minimum Gasteiger partial charge on any atom is -0.304 e. The van der Waals surface area contributed by atoms with Gasteiger partial charge in [0.2, 0.25) is 0 Å². The molecule has 0 aliphatic carbocycles. The van der Waals surface area contributed by atoms with Crippen molar-refractivity contribution in [1.82, 2.24) is 5.32 Å². The van der Waals surface area contributed by atoms with E-state index in [1.165, 1.54) is 44.1 Å². The standard InChI is InChI=1S/C20H33N/c1-5-12-20(13-6-2)18(14-16(3)4)15-19(21-20)17-10-8-7-9-11-17/h7-11,16,18-19,21H,5-6,12-15H2,1-4H3/t18-,19-/m0/s1. The van der Waals surface area contributed by atoms with E-state index in [2.05, 4.69) is 63.3 Å². The maximum absolute atomic E-state index is 4.08. The number of hydrogen-bond donors (Lipinski definition) is 1. The van der Waals surface area contributed by atoms with Crippen LogP contribution in [0.3, 0.4) is 0 Å². The van der Waals surface area contributed by atoms with Crippen LogP contribution in [-0.4, -0.2) is 5.54 Å². The van der Waals surface area contributed by atoms with E-state index >= 15 is 0 Å². The Kier molecular flexibility index (Phi) is 5.87. The zero-order valence-electron chi connectivity index (χ0n) is 14.4. The van der Waals surface area contributed by atoms with Gasteiger partial charge in [-0.25, -0.2) is 0 Å². The molecule has 1 saturated heterocycles. The number of benzene rings is 1. The lowest BCUT2D eigenvalue weighted by Crippen LogP contribution is -2.45. The first-order valence-corrected chi connectivity index (χ1v) is 8.94. The molecule has 118 valence electrons. The first-order chi connectivity index (χ1) is 10.1. The lowest BCUT2D eigenvalue weighted by atomic mass is 9.74. The average molecular weight is 287 g/mol. The van der Waals surface area contributed by atoms with Gasteiger partial charge in [-0.05, 0) is 43.1 Å². The highest BCUT2D eigenvalue weighted by atomic mass is 15.1. The van der Waals surface area contributed by atoms with Gasteiger partial charge in [0.15, 0.2) is 0 Å². The number of nitrogens with one attached hydrogen (secondary N) is 1. The highest BCUT2D eigenvalue weighted by Crippen LogP contribution is 2.45. The van der Waals surface area contributed by atoms with Crippen molar-refractivity contribution < 1.29 is 0 Å². The smallest absolute Gasteiger partial charge is 0.0328 e. The first-order valence-electron chi connectivity index (χ1n) is 8.94. The summed E-state index contributed by atoms with van der Waals surface area (Å²) < 4.78 is 0.